The summed E-state index contributed by atoms with van der Waals surface area (Å²) in [6.07, 6.45) is 11.9. The predicted molar refractivity (Wildman–Crippen MR) is 74.6 cm³/mol. The molecule has 2 aliphatic heterocycles. The second-order valence-corrected chi connectivity index (χ2v) is 5.73. The van der Waals surface area contributed by atoms with Gasteiger partial charge in [-0.15, -0.1) is 0 Å². The minimum atomic E-state index is 0.331. The zero-order valence-electron chi connectivity index (χ0n) is 10.6. The van der Waals surface area contributed by atoms with Crippen molar-refractivity contribution in [3.05, 3.63) is 66.0 Å². The maximum absolute atomic E-state index is 2.44. The first-order chi connectivity index (χ1) is 8.78. The average molecular weight is 235 g/mol. The lowest BCUT2D eigenvalue weighted by atomic mass is 9.93. The fraction of sp³-hybridized carbons (Fsp3) is 0.294. The highest BCUT2D eigenvalue weighted by molar-refractivity contribution is 5.68. The molecule has 1 saturated carbocycles. The van der Waals surface area contributed by atoms with Gasteiger partial charge < -0.3 is 4.90 Å². The Balaban J connectivity index is 1.75. The zero-order chi connectivity index (χ0) is 12.2. The molecule has 4 rings (SSSR count). The van der Waals surface area contributed by atoms with Gasteiger partial charge in [-0.2, -0.15) is 0 Å². The van der Waals surface area contributed by atoms with Gasteiger partial charge in [-0.3, -0.25) is 0 Å². The Labute approximate surface area is 108 Å². The molecule has 0 amide bonds. The summed E-state index contributed by atoms with van der Waals surface area (Å²) in [4.78, 5) is 2.44. The maximum atomic E-state index is 2.44. The third kappa shape index (κ3) is 1.34. The molecule has 1 fully saturated rings. The molecule has 3 aliphatic rings. The molecule has 1 aliphatic carbocycles. The average Bonchev–Trinajstić information content (AvgIpc) is 3.12. The monoisotopic (exact) mass is 235 g/mol. The third-order valence-corrected chi connectivity index (χ3v) is 4.48. The minimum absolute atomic E-state index is 0.331. The standard InChI is InChI=1S/C17H17N/c1-13-7-8-17-10-16(17)9-15(12-18(17)11-13)14-5-3-2-4-6-14/h2-8,11-12,16H,9-10H2,1H3. The lowest BCUT2D eigenvalue weighted by Gasteiger charge is -2.34. The Morgan fingerprint density at radius 2 is 2.00 bits per heavy atom. The molecule has 0 N–H and O–H groups in total. The Hall–Kier alpha value is -1.76. The molecular weight excluding hydrogens is 218 g/mol. The van der Waals surface area contributed by atoms with E-state index >= 15 is 0 Å². The van der Waals surface area contributed by atoms with Gasteiger partial charge in [-0.05, 0) is 42.4 Å². The first kappa shape index (κ1) is 10.2. The van der Waals surface area contributed by atoms with Crippen molar-refractivity contribution in [2.45, 2.75) is 25.3 Å². The molecule has 1 spiro atoms. The van der Waals surface area contributed by atoms with Crippen LogP contribution in [0, 0.1) is 5.92 Å². The van der Waals surface area contributed by atoms with Crippen LogP contribution in [0.1, 0.15) is 25.3 Å². The molecule has 0 bridgehead atoms. The summed E-state index contributed by atoms with van der Waals surface area (Å²) in [5.41, 5.74) is 4.53. The summed E-state index contributed by atoms with van der Waals surface area (Å²) in [7, 11) is 0. The van der Waals surface area contributed by atoms with Crippen molar-refractivity contribution >= 4 is 5.57 Å². The van der Waals surface area contributed by atoms with Gasteiger partial charge in [0.15, 0.2) is 0 Å². The van der Waals surface area contributed by atoms with Crippen molar-refractivity contribution in [2.24, 2.45) is 5.92 Å². The van der Waals surface area contributed by atoms with E-state index in [-0.39, 0.29) is 0 Å². The number of benzene rings is 1. The summed E-state index contributed by atoms with van der Waals surface area (Å²) >= 11 is 0. The van der Waals surface area contributed by atoms with Crippen LogP contribution < -0.4 is 0 Å². The highest BCUT2D eigenvalue weighted by atomic mass is 15.2. The molecular formula is C17H17N. The normalized spacial score (nSPS) is 32.3. The smallest absolute Gasteiger partial charge is 0.0661 e. The van der Waals surface area contributed by atoms with Gasteiger partial charge in [0.1, 0.15) is 0 Å². The fourth-order valence-electron chi connectivity index (χ4n) is 3.34. The number of allylic oxidation sites excluding steroid dienone is 3. The van der Waals surface area contributed by atoms with E-state index in [0.717, 1.165) is 5.92 Å². The van der Waals surface area contributed by atoms with Crippen molar-refractivity contribution in [3.63, 3.8) is 0 Å². The van der Waals surface area contributed by atoms with Crippen LogP contribution in [0.25, 0.3) is 5.57 Å². The van der Waals surface area contributed by atoms with Crippen LogP contribution in [0.5, 0.6) is 0 Å². The predicted octanol–water partition coefficient (Wildman–Crippen LogP) is 3.97. The van der Waals surface area contributed by atoms with Gasteiger partial charge in [-0.25, -0.2) is 0 Å². The van der Waals surface area contributed by atoms with Gasteiger partial charge in [0.25, 0.3) is 0 Å². The second kappa shape index (κ2) is 3.38. The van der Waals surface area contributed by atoms with Gasteiger partial charge in [0, 0.05) is 12.4 Å². The van der Waals surface area contributed by atoms with E-state index in [2.05, 4.69) is 66.7 Å². The molecule has 0 saturated heterocycles. The first-order valence-electron chi connectivity index (χ1n) is 6.70. The van der Waals surface area contributed by atoms with Gasteiger partial charge in [-0.1, -0.05) is 42.5 Å². The Morgan fingerprint density at radius 1 is 1.17 bits per heavy atom. The Kier molecular flexibility index (Phi) is 1.91. The second-order valence-electron chi connectivity index (χ2n) is 5.73. The van der Waals surface area contributed by atoms with E-state index in [4.69, 9.17) is 0 Å². The molecule has 2 unspecified atom stereocenters. The van der Waals surface area contributed by atoms with E-state index in [1.165, 1.54) is 29.6 Å². The molecule has 90 valence electrons. The highest BCUT2D eigenvalue weighted by Gasteiger charge is 2.57. The highest BCUT2D eigenvalue weighted by Crippen LogP contribution is 2.58. The minimum Gasteiger partial charge on any atom is -0.344 e. The van der Waals surface area contributed by atoms with Gasteiger partial charge in [0.05, 0.1) is 5.54 Å². The topological polar surface area (TPSA) is 3.24 Å². The first-order valence-corrected chi connectivity index (χ1v) is 6.70. The van der Waals surface area contributed by atoms with E-state index < -0.39 is 0 Å². The number of hydrogen-bond donors (Lipinski definition) is 0. The fourth-order valence-corrected chi connectivity index (χ4v) is 3.34. The lowest BCUT2D eigenvalue weighted by molar-refractivity contribution is 0.359. The van der Waals surface area contributed by atoms with Crippen molar-refractivity contribution in [1.82, 2.24) is 4.90 Å². The summed E-state index contributed by atoms with van der Waals surface area (Å²) in [5, 5.41) is 0. The molecule has 0 aromatic heterocycles. The van der Waals surface area contributed by atoms with Crippen LogP contribution in [0.15, 0.2) is 60.5 Å². The Morgan fingerprint density at radius 3 is 2.83 bits per heavy atom. The number of rotatable bonds is 1. The van der Waals surface area contributed by atoms with Gasteiger partial charge in [0.2, 0.25) is 0 Å². The lowest BCUT2D eigenvalue weighted by Crippen LogP contribution is -2.33. The van der Waals surface area contributed by atoms with Crippen molar-refractivity contribution in [2.75, 3.05) is 0 Å². The van der Waals surface area contributed by atoms with Crippen LogP contribution in [0.4, 0.5) is 0 Å². The number of hydrogen-bond acceptors (Lipinski definition) is 1. The quantitative estimate of drug-likeness (QED) is 0.712. The molecule has 1 nitrogen and oxygen atoms in total. The maximum Gasteiger partial charge on any atom is 0.0661 e. The summed E-state index contributed by atoms with van der Waals surface area (Å²) < 4.78 is 0. The molecule has 18 heavy (non-hydrogen) atoms. The zero-order valence-corrected chi connectivity index (χ0v) is 10.6. The third-order valence-electron chi connectivity index (χ3n) is 4.48. The summed E-state index contributed by atoms with van der Waals surface area (Å²) in [6.45, 7) is 2.17. The summed E-state index contributed by atoms with van der Waals surface area (Å²) in [6, 6.07) is 10.8. The molecule has 2 heterocycles. The SMILES string of the molecule is CC1=CN2C=C(c3ccccc3)CC3CC32C=C1. The van der Waals surface area contributed by atoms with Crippen LogP contribution in [-0.4, -0.2) is 10.4 Å². The molecule has 1 aromatic carbocycles. The van der Waals surface area contributed by atoms with Crippen molar-refractivity contribution < 1.29 is 0 Å². The van der Waals surface area contributed by atoms with E-state index in [1.807, 2.05) is 0 Å². The van der Waals surface area contributed by atoms with E-state index in [9.17, 15) is 0 Å². The molecule has 1 aromatic rings. The molecule has 0 radical (unpaired) electrons. The van der Waals surface area contributed by atoms with Crippen molar-refractivity contribution in [1.29, 1.82) is 0 Å². The number of nitrogens with zero attached hydrogens (tertiary/aromatic N) is 1. The van der Waals surface area contributed by atoms with Crippen molar-refractivity contribution in [3.8, 4) is 0 Å². The van der Waals surface area contributed by atoms with Gasteiger partial charge >= 0.3 is 0 Å². The van der Waals surface area contributed by atoms with Crippen LogP contribution >= 0.6 is 0 Å². The molecule has 2 atom stereocenters. The molecule has 1 heteroatoms. The van der Waals surface area contributed by atoms with E-state index in [0.29, 0.717) is 5.54 Å². The van der Waals surface area contributed by atoms with Crippen LogP contribution in [0.3, 0.4) is 0 Å². The Bertz CT molecular complexity index is 579. The largest absolute Gasteiger partial charge is 0.344 e. The van der Waals surface area contributed by atoms with E-state index in [1.54, 1.807) is 0 Å². The van der Waals surface area contributed by atoms with Crippen LogP contribution in [0.2, 0.25) is 0 Å². The van der Waals surface area contributed by atoms with Crippen LogP contribution in [-0.2, 0) is 0 Å². The summed E-state index contributed by atoms with van der Waals surface area (Å²) in [5.74, 6) is 0.804.